The van der Waals surface area contributed by atoms with Gasteiger partial charge in [-0.05, 0) is 18.1 Å². The molecule has 0 unspecified atom stereocenters. The predicted molar refractivity (Wildman–Crippen MR) is 64.8 cm³/mol. The van der Waals surface area contributed by atoms with Gasteiger partial charge in [0.25, 0.3) is 0 Å². The van der Waals surface area contributed by atoms with Crippen LogP contribution in [0.5, 0.6) is 0 Å². The zero-order chi connectivity index (χ0) is 11.7. The summed E-state index contributed by atoms with van der Waals surface area (Å²) < 4.78 is 5.44. The molecule has 16 heavy (non-hydrogen) atoms. The molecule has 0 saturated carbocycles. The van der Waals surface area contributed by atoms with Crippen LogP contribution in [0.4, 0.5) is 0 Å². The van der Waals surface area contributed by atoms with Crippen molar-refractivity contribution in [1.29, 1.82) is 0 Å². The van der Waals surface area contributed by atoms with Crippen LogP contribution >= 0.6 is 0 Å². The summed E-state index contributed by atoms with van der Waals surface area (Å²) in [6.07, 6.45) is 2.55. The van der Waals surface area contributed by atoms with Crippen LogP contribution in [0.15, 0.2) is 28.9 Å². The first-order chi connectivity index (χ1) is 7.63. The van der Waals surface area contributed by atoms with E-state index in [-0.39, 0.29) is 11.7 Å². The van der Waals surface area contributed by atoms with Gasteiger partial charge in [0.15, 0.2) is 5.78 Å². The van der Waals surface area contributed by atoms with Gasteiger partial charge >= 0.3 is 0 Å². The Morgan fingerprint density at radius 3 is 2.75 bits per heavy atom. The summed E-state index contributed by atoms with van der Waals surface area (Å²) >= 11 is 0. The molecule has 2 heteroatoms. The van der Waals surface area contributed by atoms with Gasteiger partial charge in [0.2, 0.25) is 0 Å². The van der Waals surface area contributed by atoms with Crippen molar-refractivity contribution < 1.29 is 9.21 Å². The van der Waals surface area contributed by atoms with E-state index in [2.05, 4.69) is 13.0 Å². The minimum atomic E-state index is 0.00616. The number of carbonyl (C=O) groups is 1. The maximum Gasteiger partial charge on any atom is 0.169 e. The highest BCUT2D eigenvalue weighted by Gasteiger charge is 2.16. The van der Waals surface area contributed by atoms with Gasteiger partial charge in [0.05, 0.1) is 5.56 Å². The summed E-state index contributed by atoms with van der Waals surface area (Å²) in [5, 5.41) is 0.927. The molecule has 0 spiro atoms. The number of rotatable bonds is 3. The van der Waals surface area contributed by atoms with Crippen molar-refractivity contribution in [2.75, 3.05) is 0 Å². The molecule has 0 aliphatic heterocycles. The second kappa shape index (κ2) is 4.12. The van der Waals surface area contributed by atoms with Gasteiger partial charge in [0, 0.05) is 11.3 Å². The SMILES string of the molecule is CCc1ccc2c(C(=O)C(C)C)coc2c1. The van der Waals surface area contributed by atoms with Crippen LogP contribution in [0.25, 0.3) is 11.0 Å². The van der Waals surface area contributed by atoms with Gasteiger partial charge in [-0.2, -0.15) is 0 Å². The molecule has 0 bridgehead atoms. The topological polar surface area (TPSA) is 30.2 Å². The smallest absolute Gasteiger partial charge is 0.169 e. The Balaban J connectivity index is 2.53. The number of hydrogen-bond donors (Lipinski definition) is 0. The van der Waals surface area contributed by atoms with E-state index in [1.54, 1.807) is 6.26 Å². The highest BCUT2D eigenvalue weighted by Crippen LogP contribution is 2.24. The van der Waals surface area contributed by atoms with Gasteiger partial charge in [-0.15, -0.1) is 0 Å². The molecule has 0 N–H and O–H groups in total. The molecule has 2 nitrogen and oxygen atoms in total. The van der Waals surface area contributed by atoms with E-state index in [0.717, 1.165) is 17.4 Å². The minimum Gasteiger partial charge on any atom is -0.464 e. The lowest BCUT2D eigenvalue weighted by Gasteiger charge is -2.01. The first kappa shape index (κ1) is 10.9. The maximum atomic E-state index is 11.9. The number of furan rings is 1. The second-order valence-electron chi connectivity index (χ2n) is 4.35. The van der Waals surface area contributed by atoms with Gasteiger partial charge in [0.1, 0.15) is 11.8 Å². The van der Waals surface area contributed by atoms with Crippen molar-refractivity contribution in [3.63, 3.8) is 0 Å². The molecule has 84 valence electrons. The molecule has 0 aliphatic rings. The fourth-order valence-corrected chi connectivity index (χ4v) is 1.79. The molecule has 0 fully saturated rings. The number of ketones is 1. The molecule has 1 aromatic heterocycles. The predicted octanol–water partition coefficient (Wildman–Crippen LogP) is 3.83. The number of benzene rings is 1. The summed E-state index contributed by atoms with van der Waals surface area (Å²) in [4.78, 5) is 11.9. The Morgan fingerprint density at radius 1 is 1.38 bits per heavy atom. The van der Waals surface area contributed by atoms with E-state index in [9.17, 15) is 4.79 Å². The third kappa shape index (κ3) is 1.75. The number of fused-ring (bicyclic) bond motifs is 1. The summed E-state index contributed by atoms with van der Waals surface area (Å²) in [5.74, 6) is 0.148. The molecule has 0 atom stereocenters. The molecule has 2 rings (SSSR count). The van der Waals surface area contributed by atoms with Crippen LogP contribution < -0.4 is 0 Å². The summed E-state index contributed by atoms with van der Waals surface area (Å²) in [7, 11) is 0. The Bertz CT molecular complexity index is 521. The average Bonchev–Trinajstić information content (AvgIpc) is 2.70. The maximum absolute atomic E-state index is 11.9. The van der Waals surface area contributed by atoms with Crippen LogP contribution in [0, 0.1) is 5.92 Å². The van der Waals surface area contributed by atoms with Crippen molar-refractivity contribution in [3.05, 3.63) is 35.6 Å². The first-order valence-corrected chi connectivity index (χ1v) is 5.67. The summed E-state index contributed by atoms with van der Waals surface area (Å²) in [5.41, 5.74) is 2.74. The fraction of sp³-hybridized carbons (Fsp3) is 0.357. The fourth-order valence-electron chi connectivity index (χ4n) is 1.79. The van der Waals surface area contributed by atoms with Crippen LogP contribution in [0.1, 0.15) is 36.7 Å². The van der Waals surface area contributed by atoms with Gasteiger partial charge in [-0.25, -0.2) is 0 Å². The Kier molecular flexibility index (Phi) is 2.82. The van der Waals surface area contributed by atoms with Crippen molar-refractivity contribution >= 4 is 16.8 Å². The number of carbonyl (C=O) groups excluding carboxylic acids is 1. The van der Waals surface area contributed by atoms with E-state index in [1.807, 2.05) is 26.0 Å². The zero-order valence-electron chi connectivity index (χ0n) is 9.91. The third-order valence-electron chi connectivity index (χ3n) is 2.84. The van der Waals surface area contributed by atoms with E-state index in [4.69, 9.17) is 4.42 Å². The molecule has 0 saturated heterocycles. The van der Waals surface area contributed by atoms with Crippen LogP contribution in [-0.2, 0) is 6.42 Å². The molecule has 0 radical (unpaired) electrons. The lowest BCUT2D eigenvalue weighted by atomic mass is 10.00. The number of aryl methyl sites for hydroxylation is 1. The Hall–Kier alpha value is -1.57. The number of Topliss-reactive ketones (excluding diaryl/α,β-unsaturated/α-hetero) is 1. The standard InChI is InChI=1S/C14H16O2/c1-4-10-5-6-11-12(14(15)9(2)3)8-16-13(11)7-10/h5-9H,4H2,1-3H3. The normalized spacial score (nSPS) is 11.2. The van der Waals surface area contributed by atoms with E-state index >= 15 is 0 Å². The second-order valence-corrected chi connectivity index (χ2v) is 4.35. The van der Waals surface area contributed by atoms with E-state index in [0.29, 0.717) is 5.56 Å². The lowest BCUT2D eigenvalue weighted by molar-refractivity contribution is 0.0940. The van der Waals surface area contributed by atoms with Crippen LogP contribution in [0.3, 0.4) is 0 Å². The van der Waals surface area contributed by atoms with Gasteiger partial charge in [-0.1, -0.05) is 32.9 Å². The zero-order valence-corrected chi connectivity index (χ0v) is 9.91. The van der Waals surface area contributed by atoms with Crippen molar-refractivity contribution in [1.82, 2.24) is 0 Å². The molecular formula is C14H16O2. The van der Waals surface area contributed by atoms with Gasteiger partial charge in [-0.3, -0.25) is 4.79 Å². The largest absolute Gasteiger partial charge is 0.464 e. The molecule has 1 heterocycles. The quantitative estimate of drug-likeness (QED) is 0.730. The number of hydrogen-bond acceptors (Lipinski definition) is 2. The third-order valence-corrected chi connectivity index (χ3v) is 2.84. The molecule has 2 aromatic rings. The first-order valence-electron chi connectivity index (χ1n) is 5.67. The summed E-state index contributed by atoms with van der Waals surface area (Å²) in [6, 6.07) is 6.04. The monoisotopic (exact) mass is 216 g/mol. The Morgan fingerprint density at radius 2 is 2.12 bits per heavy atom. The molecule has 0 amide bonds. The highest BCUT2D eigenvalue weighted by molar-refractivity contribution is 6.07. The van der Waals surface area contributed by atoms with Crippen molar-refractivity contribution in [2.45, 2.75) is 27.2 Å². The van der Waals surface area contributed by atoms with Crippen LogP contribution in [0.2, 0.25) is 0 Å². The van der Waals surface area contributed by atoms with Crippen LogP contribution in [-0.4, -0.2) is 5.78 Å². The van der Waals surface area contributed by atoms with E-state index in [1.165, 1.54) is 5.56 Å². The molecule has 0 aliphatic carbocycles. The molecular weight excluding hydrogens is 200 g/mol. The molecule has 1 aromatic carbocycles. The van der Waals surface area contributed by atoms with Gasteiger partial charge < -0.3 is 4.42 Å². The Labute approximate surface area is 95.3 Å². The highest BCUT2D eigenvalue weighted by atomic mass is 16.3. The van der Waals surface area contributed by atoms with Crippen molar-refractivity contribution in [3.8, 4) is 0 Å². The van der Waals surface area contributed by atoms with Crippen molar-refractivity contribution in [2.24, 2.45) is 5.92 Å². The lowest BCUT2D eigenvalue weighted by Crippen LogP contribution is -2.06. The summed E-state index contributed by atoms with van der Waals surface area (Å²) in [6.45, 7) is 5.91. The van der Waals surface area contributed by atoms with E-state index < -0.39 is 0 Å². The average molecular weight is 216 g/mol. The minimum absolute atomic E-state index is 0.00616.